The van der Waals surface area contributed by atoms with E-state index in [1.165, 1.54) is 23.6 Å². The van der Waals surface area contributed by atoms with Crippen molar-refractivity contribution in [3.63, 3.8) is 0 Å². The number of benzene rings is 1. The molecule has 0 aliphatic carbocycles. The number of rotatable bonds is 10. The smallest absolute Gasteiger partial charge is 0.353 e. The molecular weight excluding hydrogens is 522 g/mol. The summed E-state index contributed by atoms with van der Waals surface area (Å²) in [4.78, 5) is 40.1. The molecule has 1 aromatic rings. The fourth-order valence-corrected chi connectivity index (χ4v) is 7.53. The van der Waals surface area contributed by atoms with Crippen LogP contribution in [0, 0.1) is 11.8 Å². The third-order valence-electron chi connectivity index (χ3n) is 7.24. The summed E-state index contributed by atoms with van der Waals surface area (Å²) in [6.45, 7) is 4.47. The van der Waals surface area contributed by atoms with Crippen molar-refractivity contribution >= 4 is 39.8 Å². The predicted octanol–water partition coefficient (Wildman–Crippen LogP) is -0.592. The molecule has 7 N–H and O–H groups in total. The second kappa shape index (κ2) is 10.3. The first-order valence-electron chi connectivity index (χ1n) is 11.8. The van der Waals surface area contributed by atoms with Gasteiger partial charge in [0.2, 0.25) is 11.8 Å². The lowest BCUT2D eigenvalue weighted by Crippen LogP contribution is -2.63. The highest BCUT2D eigenvalue weighted by molar-refractivity contribution is 8.03. The van der Waals surface area contributed by atoms with E-state index in [0.717, 1.165) is 5.56 Å². The van der Waals surface area contributed by atoms with Crippen LogP contribution < -0.4 is 15.6 Å². The summed E-state index contributed by atoms with van der Waals surface area (Å²) in [5, 5.41) is 25.0. The number of thioether (sulfide) groups is 1. The maximum Gasteiger partial charge on any atom is 0.353 e. The normalized spacial score (nSPS) is 28.8. The lowest BCUT2D eigenvalue weighted by atomic mass is 9.79. The van der Waals surface area contributed by atoms with Crippen LogP contribution in [-0.4, -0.2) is 82.7 Å². The zero-order valence-corrected chi connectivity index (χ0v) is 22.0. The van der Waals surface area contributed by atoms with Gasteiger partial charge < -0.3 is 20.8 Å². The van der Waals surface area contributed by atoms with Gasteiger partial charge in [-0.3, -0.25) is 14.5 Å². The van der Waals surface area contributed by atoms with Crippen molar-refractivity contribution in [1.82, 2.24) is 14.5 Å². The second-order valence-corrected chi connectivity index (χ2v) is 12.5. The van der Waals surface area contributed by atoms with E-state index < -0.39 is 40.1 Å². The van der Waals surface area contributed by atoms with Gasteiger partial charge in [-0.15, -0.1) is 11.8 Å². The molecule has 0 spiro atoms. The summed E-state index contributed by atoms with van der Waals surface area (Å²) in [6.07, 6.45) is -0.333. The standard InChI is InChI=1S/C23H31N5O7S2/c1-11-18-17(12(2)29)22(31)28(18)19(23(32)33)20(11)36-16-7-15(8-26-37(25,34)35)27(10-16)9-13-3-5-14(6-4-13)21(24)30/h3-6,11-12,15-18,26,29H,7-10H2,1-2H3,(H2,24,30)(H,32,33)(H2,25,34,35)/t11-,12-,15+,16+,17-,18-/m1/s1. The van der Waals surface area contributed by atoms with Crippen molar-refractivity contribution in [2.45, 2.75) is 50.3 Å². The number of carboxylic acids is 1. The summed E-state index contributed by atoms with van der Waals surface area (Å²) < 4.78 is 25.4. The van der Waals surface area contributed by atoms with E-state index >= 15 is 0 Å². The van der Waals surface area contributed by atoms with Gasteiger partial charge >= 0.3 is 5.97 Å². The van der Waals surface area contributed by atoms with E-state index in [-0.39, 0.29) is 35.4 Å². The summed E-state index contributed by atoms with van der Waals surface area (Å²) in [5.41, 5.74) is 6.55. The quantitative estimate of drug-likeness (QED) is 0.235. The Morgan fingerprint density at radius 1 is 1.27 bits per heavy atom. The summed E-state index contributed by atoms with van der Waals surface area (Å²) in [6, 6.07) is 6.19. The number of carbonyl (C=O) groups excluding carboxylic acids is 2. The third-order valence-corrected chi connectivity index (χ3v) is 9.30. The van der Waals surface area contributed by atoms with Crippen molar-refractivity contribution in [2.75, 3.05) is 13.1 Å². The minimum atomic E-state index is -3.91. The zero-order chi connectivity index (χ0) is 27.2. The van der Waals surface area contributed by atoms with Gasteiger partial charge in [-0.2, -0.15) is 8.42 Å². The van der Waals surface area contributed by atoms with Gasteiger partial charge in [0, 0.05) is 47.3 Å². The lowest BCUT2D eigenvalue weighted by Gasteiger charge is -2.46. The number of aliphatic hydroxyl groups is 1. The number of hydrogen-bond donors (Lipinski definition) is 5. The Morgan fingerprint density at radius 2 is 1.92 bits per heavy atom. The van der Waals surface area contributed by atoms with Crippen LogP contribution in [0.2, 0.25) is 0 Å². The fourth-order valence-electron chi connectivity index (χ4n) is 5.51. The van der Waals surface area contributed by atoms with Gasteiger partial charge in [-0.25, -0.2) is 14.7 Å². The molecule has 2 saturated heterocycles. The number of β-lactam (4-membered cyclic amide) rings is 1. The molecule has 12 nitrogen and oxygen atoms in total. The monoisotopic (exact) mass is 553 g/mol. The number of fused-ring (bicyclic) bond motifs is 1. The van der Waals surface area contributed by atoms with Crippen LogP contribution in [0.4, 0.5) is 0 Å². The Bertz CT molecular complexity index is 1230. The first-order chi connectivity index (χ1) is 17.3. The lowest BCUT2D eigenvalue weighted by molar-refractivity contribution is -0.163. The number of nitrogens with one attached hydrogen (secondary N) is 1. The largest absolute Gasteiger partial charge is 0.477 e. The first kappa shape index (κ1) is 27.5. The van der Waals surface area contributed by atoms with E-state index in [4.69, 9.17) is 10.9 Å². The molecule has 202 valence electrons. The van der Waals surface area contributed by atoms with E-state index in [1.54, 1.807) is 24.3 Å². The predicted molar refractivity (Wildman–Crippen MR) is 136 cm³/mol. The van der Waals surface area contributed by atoms with Crippen LogP contribution in [0.15, 0.2) is 34.9 Å². The van der Waals surface area contributed by atoms with E-state index in [1.807, 2.05) is 6.92 Å². The Balaban J connectivity index is 1.54. The highest BCUT2D eigenvalue weighted by Gasteiger charge is 2.60. The minimum Gasteiger partial charge on any atom is -0.477 e. The van der Waals surface area contributed by atoms with Crippen LogP contribution in [0.1, 0.15) is 36.2 Å². The second-order valence-electron chi connectivity index (χ2n) is 9.79. The molecule has 3 heterocycles. The number of amides is 2. The molecule has 4 rings (SSSR count). The van der Waals surface area contributed by atoms with Gasteiger partial charge in [-0.1, -0.05) is 19.1 Å². The van der Waals surface area contributed by atoms with Crippen molar-refractivity contribution in [3.8, 4) is 0 Å². The number of nitrogens with two attached hydrogens (primary N) is 2. The molecular formula is C23H31N5O7S2. The molecule has 0 radical (unpaired) electrons. The molecule has 0 saturated carbocycles. The maximum atomic E-state index is 12.6. The van der Waals surface area contributed by atoms with Crippen LogP contribution in [0.3, 0.4) is 0 Å². The molecule has 37 heavy (non-hydrogen) atoms. The SMILES string of the molecule is C[C@@H](O)[C@H]1C(=O)N2C(C(=O)O)=C(S[C@H]3C[C@@H](CNS(N)(=O)=O)N(Cc4ccc(C(N)=O)cc4)C3)[C@H](C)[C@H]12. The number of nitrogens with zero attached hydrogens (tertiary/aromatic N) is 2. The Hall–Kier alpha value is -2.49. The van der Waals surface area contributed by atoms with E-state index in [0.29, 0.717) is 30.0 Å². The number of carbonyl (C=O) groups is 3. The molecule has 14 heteroatoms. The average Bonchev–Trinajstić information content (AvgIpc) is 3.28. The van der Waals surface area contributed by atoms with Gasteiger partial charge in [-0.05, 0) is 31.0 Å². The number of carboxylic acid groups (broad SMARTS) is 1. The third kappa shape index (κ3) is 5.54. The average molecular weight is 554 g/mol. The van der Waals surface area contributed by atoms with Crippen molar-refractivity contribution < 1.29 is 33.0 Å². The Kier molecular flexibility index (Phi) is 7.70. The highest BCUT2D eigenvalue weighted by Crippen LogP contribution is 2.52. The molecule has 0 unspecified atom stereocenters. The van der Waals surface area contributed by atoms with Crippen LogP contribution in [-0.2, 0) is 26.3 Å². The first-order valence-corrected chi connectivity index (χ1v) is 14.3. The maximum absolute atomic E-state index is 12.6. The van der Waals surface area contributed by atoms with Crippen LogP contribution in [0.5, 0.6) is 0 Å². The summed E-state index contributed by atoms with van der Waals surface area (Å²) >= 11 is 1.39. The topological polar surface area (TPSA) is 196 Å². The van der Waals surface area contributed by atoms with Crippen LogP contribution >= 0.6 is 11.8 Å². The Morgan fingerprint density at radius 3 is 2.46 bits per heavy atom. The minimum absolute atomic E-state index is 0.0379. The molecule has 2 fully saturated rings. The number of aliphatic hydroxyl groups excluding tert-OH is 1. The van der Waals surface area contributed by atoms with Crippen molar-refractivity contribution in [2.24, 2.45) is 22.7 Å². The van der Waals surface area contributed by atoms with Gasteiger partial charge in [0.1, 0.15) is 5.70 Å². The van der Waals surface area contributed by atoms with Gasteiger partial charge in [0.25, 0.3) is 10.2 Å². The molecule has 6 atom stereocenters. The summed E-state index contributed by atoms with van der Waals surface area (Å²) in [5.74, 6) is -3.01. The molecule has 3 aliphatic rings. The van der Waals surface area contributed by atoms with Crippen LogP contribution in [0.25, 0.3) is 0 Å². The number of hydrogen-bond acceptors (Lipinski definition) is 8. The van der Waals surface area contributed by atoms with Gasteiger partial charge in [0.15, 0.2) is 0 Å². The number of aliphatic carboxylic acids is 1. The molecule has 1 aromatic carbocycles. The Labute approximate surface area is 219 Å². The fraction of sp³-hybridized carbons (Fsp3) is 0.522. The molecule has 3 aliphatic heterocycles. The molecule has 2 amide bonds. The van der Waals surface area contributed by atoms with E-state index in [2.05, 4.69) is 9.62 Å². The van der Waals surface area contributed by atoms with E-state index in [9.17, 15) is 33.0 Å². The molecule has 0 bridgehead atoms. The van der Waals surface area contributed by atoms with Crippen molar-refractivity contribution in [3.05, 3.63) is 46.0 Å². The summed E-state index contributed by atoms with van der Waals surface area (Å²) in [7, 11) is -3.91. The number of likely N-dealkylation sites (tertiary alicyclic amines) is 1. The zero-order valence-electron chi connectivity index (χ0n) is 20.4. The highest BCUT2D eigenvalue weighted by atomic mass is 32.2. The van der Waals surface area contributed by atoms with Gasteiger partial charge in [0.05, 0.1) is 18.1 Å². The molecule has 0 aromatic heterocycles. The number of primary amides is 1. The van der Waals surface area contributed by atoms with Crippen molar-refractivity contribution in [1.29, 1.82) is 0 Å².